The van der Waals surface area contributed by atoms with Crippen LogP contribution < -0.4 is 10.5 Å². The van der Waals surface area contributed by atoms with E-state index in [1.165, 1.54) is 30.3 Å². The molecule has 0 saturated heterocycles. The maximum atomic E-state index is 13.9. The van der Waals surface area contributed by atoms with Gasteiger partial charge in [0.1, 0.15) is 15.7 Å². The Morgan fingerprint density at radius 2 is 1.90 bits per heavy atom. The van der Waals surface area contributed by atoms with Crippen molar-refractivity contribution in [1.29, 1.82) is 0 Å². The fourth-order valence-corrected chi connectivity index (χ4v) is 3.33. The highest BCUT2D eigenvalue weighted by Crippen LogP contribution is 2.25. The van der Waals surface area contributed by atoms with E-state index in [2.05, 4.69) is 4.72 Å². The van der Waals surface area contributed by atoms with Crippen LogP contribution in [-0.2, 0) is 10.0 Å². The van der Waals surface area contributed by atoms with Gasteiger partial charge in [0.15, 0.2) is 0 Å². The normalized spacial score (nSPS) is 11.1. The standard InChI is InChI=1S/C13H10ClFN2O2S2/c14-9-3-1-2-4-12(9)21(18,19)17-11-6-5-8(13(16)20)7-10(11)15/h1-7,17H,(H2,16,20). The van der Waals surface area contributed by atoms with Crippen molar-refractivity contribution in [3.05, 3.63) is 58.9 Å². The molecule has 0 atom stereocenters. The SMILES string of the molecule is NC(=S)c1ccc(NS(=O)(=O)c2ccccc2Cl)c(F)c1. The summed E-state index contributed by atoms with van der Waals surface area (Å²) in [6, 6.07) is 9.61. The first-order valence-electron chi connectivity index (χ1n) is 5.68. The molecule has 0 aliphatic rings. The minimum atomic E-state index is -3.99. The molecule has 0 heterocycles. The first-order valence-corrected chi connectivity index (χ1v) is 7.95. The van der Waals surface area contributed by atoms with Gasteiger partial charge < -0.3 is 5.73 Å². The van der Waals surface area contributed by atoms with Crippen molar-refractivity contribution in [2.75, 3.05) is 4.72 Å². The van der Waals surface area contributed by atoms with E-state index in [1.54, 1.807) is 6.07 Å². The van der Waals surface area contributed by atoms with Crippen molar-refractivity contribution in [2.24, 2.45) is 5.73 Å². The lowest BCUT2D eigenvalue weighted by Gasteiger charge is -2.10. The third-order valence-electron chi connectivity index (χ3n) is 2.62. The van der Waals surface area contributed by atoms with Crippen LogP contribution in [0.25, 0.3) is 0 Å². The molecular formula is C13H10ClFN2O2S2. The molecule has 0 bridgehead atoms. The molecule has 0 aromatic heterocycles. The Balaban J connectivity index is 2.38. The van der Waals surface area contributed by atoms with Crippen LogP contribution in [0.4, 0.5) is 10.1 Å². The van der Waals surface area contributed by atoms with Crippen LogP contribution >= 0.6 is 23.8 Å². The quantitative estimate of drug-likeness (QED) is 0.836. The molecule has 110 valence electrons. The Morgan fingerprint density at radius 3 is 2.48 bits per heavy atom. The van der Waals surface area contributed by atoms with Gasteiger partial charge in [0.25, 0.3) is 10.0 Å². The van der Waals surface area contributed by atoms with Crippen molar-refractivity contribution < 1.29 is 12.8 Å². The number of hydrogen-bond acceptors (Lipinski definition) is 3. The van der Waals surface area contributed by atoms with Gasteiger partial charge in [-0.1, -0.05) is 36.0 Å². The molecule has 8 heteroatoms. The molecule has 0 saturated carbocycles. The smallest absolute Gasteiger partial charge is 0.263 e. The van der Waals surface area contributed by atoms with Crippen LogP contribution in [0.2, 0.25) is 5.02 Å². The van der Waals surface area contributed by atoms with E-state index in [9.17, 15) is 12.8 Å². The largest absolute Gasteiger partial charge is 0.389 e. The maximum Gasteiger partial charge on any atom is 0.263 e. The number of sulfonamides is 1. The highest BCUT2D eigenvalue weighted by Gasteiger charge is 2.19. The van der Waals surface area contributed by atoms with E-state index in [0.717, 1.165) is 6.07 Å². The fraction of sp³-hybridized carbons (Fsp3) is 0. The Labute approximate surface area is 131 Å². The maximum absolute atomic E-state index is 13.9. The van der Waals surface area contributed by atoms with Gasteiger partial charge >= 0.3 is 0 Å². The zero-order valence-electron chi connectivity index (χ0n) is 10.5. The molecule has 21 heavy (non-hydrogen) atoms. The minimum absolute atomic E-state index is 0.0226. The van der Waals surface area contributed by atoms with Crippen molar-refractivity contribution in [3.8, 4) is 0 Å². The minimum Gasteiger partial charge on any atom is -0.389 e. The number of hydrogen-bond donors (Lipinski definition) is 2. The van der Waals surface area contributed by atoms with E-state index >= 15 is 0 Å². The first kappa shape index (κ1) is 15.7. The zero-order chi connectivity index (χ0) is 15.6. The molecule has 0 aliphatic carbocycles. The van der Waals surface area contributed by atoms with Crippen LogP contribution in [0.15, 0.2) is 47.4 Å². The Morgan fingerprint density at radius 1 is 1.24 bits per heavy atom. The molecule has 0 spiro atoms. The Kier molecular flexibility index (Phi) is 4.46. The summed E-state index contributed by atoms with van der Waals surface area (Å²) in [6.07, 6.45) is 0. The monoisotopic (exact) mass is 344 g/mol. The van der Waals surface area contributed by atoms with E-state index in [0.29, 0.717) is 5.56 Å². The van der Waals surface area contributed by atoms with Crippen molar-refractivity contribution >= 4 is 44.5 Å². The third kappa shape index (κ3) is 3.49. The third-order valence-corrected chi connectivity index (χ3v) is 4.73. The van der Waals surface area contributed by atoms with Gasteiger partial charge in [-0.05, 0) is 30.3 Å². The number of benzene rings is 2. The number of halogens is 2. The number of thiocarbonyl (C=S) groups is 1. The molecular weight excluding hydrogens is 335 g/mol. The lowest BCUT2D eigenvalue weighted by atomic mass is 10.2. The van der Waals surface area contributed by atoms with Crippen LogP contribution in [0.1, 0.15) is 5.56 Å². The lowest BCUT2D eigenvalue weighted by Crippen LogP contribution is -2.15. The number of anilines is 1. The summed E-state index contributed by atoms with van der Waals surface area (Å²) in [4.78, 5) is -0.112. The molecule has 0 unspecified atom stereocenters. The van der Waals surface area contributed by atoms with Gasteiger partial charge in [-0.15, -0.1) is 0 Å². The molecule has 0 amide bonds. The van der Waals surface area contributed by atoms with Gasteiger partial charge in [0, 0.05) is 5.56 Å². The summed E-state index contributed by atoms with van der Waals surface area (Å²) in [5.74, 6) is -0.782. The highest BCUT2D eigenvalue weighted by molar-refractivity contribution is 7.92. The average Bonchev–Trinajstić information content (AvgIpc) is 2.41. The predicted molar refractivity (Wildman–Crippen MR) is 84.5 cm³/mol. The summed E-state index contributed by atoms with van der Waals surface area (Å²) >= 11 is 10.6. The van der Waals surface area contributed by atoms with Crippen LogP contribution in [-0.4, -0.2) is 13.4 Å². The Bertz CT molecular complexity index is 810. The van der Waals surface area contributed by atoms with Gasteiger partial charge in [-0.25, -0.2) is 12.8 Å². The van der Waals surface area contributed by atoms with Crippen molar-refractivity contribution in [2.45, 2.75) is 4.90 Å². The molecule has 0 aliphatic heterocycles. The topological polar surface area (TPSA) is 72.2 Å². The summed E-state index contributed by atoms with van der Waals surface area (Å²) in [5, 5.41) is 0.0464. The van der Waals surface area contributed by atoms with E-state index in [-0.39, 0.29) is 20.6 Å². The van der Waals surface area contributed by atoms with Gasteiger partial charge in [0.05, 0.1) is 10.7 Å². The lowest BCUT2D eigenvalue weighted by molar-refractivity contribution is 0.598. The van der Waals surface area contributed by atoms with Crippen molar-refractivity contribution in [1.82, 2.24) is 0 Å². The summed E-state index contributed by atoms with van der Waals surface area (Å²) < 4.78 is 40.4. The second-order valence-electron chi connectivity index (χ2n) is 4.09. The average molecular weight is 345 g/mol. The molecule has 0 fully saturated rings. The predicted octanol–water partition coefficient (Wildman–Crippen LogP) is 2.91. The molecule has 0 radical (unpaired) electrons. The molecule has 4 nitrogen and oxygen atoms in total. The van der Waals surface area contributed by atoms with E-state index < -0.39 is 15.8 Å². The molecule has 2 aromatic carbocycles. The second-order valence-corrected chi connectivity index (χ2v) is 6.59. The molecule has 2 aromatic rings. The molecule has 2 rings (SSSR count). The number of nitrogens with two attached hydrogens (primary N) is 1. The summed E-state index contributed by atoms with van der Waals surface area (Å²) in [5.41, 5.74) is 5.48. The first-order chi connectivity index (χ1) is 9.81. The van der Waals surface area contributed by atoms with E-state index in [4.69, 9.17) is 29.6 Å². The van der Waals surface area contributed by atoms with Gasteiger partial charge in [-0.3, -0.25) is 4.72 Å². The Hall–Kier alpha value is -1.70. The second kappa shape index (κ2) is 5.97. The number of nitrogens with one attached hydrogen (secondary N) is 1. The molecule has 3 N–H and O–H groups in total. The van der Waals surface area contributed by atoms with Crippen LogP contribution in [0, 0.1) is 5.82 Å². The summed E-state index contributed by atoms with van der Waals surface area (Å²) in [6.45, 7) is 0. The van der Waals surface area contributed by atoms with Gasteiger partial charge in [0.2, 0.25) is 0 Å². The van der Waals surface area contributed by atoms with Crippen LogP contribution in [0.5, 0.6) is 0 Å². The zero-order valence-corrected chi connectivity index (χ0v) is 12.9. The highest BCUT2D eigenvalue weighted by atomic mass is 35.5. The fourth-order valence-electron chi connectivity index (χ4n) is 1.61. The summed E-state index contributed by atoms with van der Waals surface area (Å²) in [7, 11) is -3.99. The van der Waals surface area contributed by atoms with Gasteiger partial charge in [-0.2, -0.15) is 0 Å². The van der Waals surface area contributed by atoms with Crippen LogP contribution in [0.3, 0.4) is 0 Å². The number of rotatable bonds is 4. The van der Waals surface area contributed by atoms with Crippen molar-refractivity contribution in [3.63, 3.8) is 0 Å². The van der Waals surface area contributed by atoms with E-state index in [1.807, 2.05) is 0 Å².